The van der Waals surface area contributed by atoms with E-state index in [4.69, 9.17) is 11.0 Å². The minimum Gasteiger partial charge on any atom is -0.382 e. The monoisotopic (exact) mass is 264 g/mol. The van der Waals surface area contributed by atoms with Crippen LogP contribution in [-0.4, -0.2) is 17.4 Å². The molecular formula is C16H16N4. The number of pyridine rings is 1. The van der Waals surface area contributed by atoms with Gasteiger partial charge in [-0.3, -0.25) is 9.98 Å². The second kappa shape index (κ2) is 6.48. The van der Waals surface area contributed by atoms with Crippen molar-refractivity contribution in [1.82, 2.24) is 4.98 Å². The number of rotatable bonds is 4. The second-order valence-electron chi connectivity index (χ2n) is 4.51. The number of hydrogen-bond acceptors (Lipinski definition) is 3. The van der Waals surface area contributed by atoms with Gasteiger partial charge in [0.05, 0.1) is 5.56 Å². The molecule has 4 nitrogen and oxygen atoms in total. The van der Waals surface area contributed by atoms with Crippen molar-refractivity contribution < 1.29 is 0 Å². The molecular weight excluding hydrogens is 248 g/mol. The maximum atomic E-state index is 9.00. The van der Waals surface area contributed by atoms with Gasteiger partial charge in [-0.15, -0.1) is 0 Å². The molecule has 0 fully saturated rings. The number of amidine groups is 1. The molecule has 4 heteroatoms. The molecule has 0 aliphatic heterocycles. The molecule has 1 heterocycles. The van der Waals surface area contributed by atoms with Crippen molar-refractivity contribution in [1.29, 1.82) is 5.26 Å². The molecule has 0 saturated heterocycles. The number of benzene rings is 1. The van der Waals surface area contributed by atoms with E-state index in [9.17, 15) is 0 Å². The van der Waals surface area contributed by atoms with E-state index in [1.165, 1.54) is 11.1 Å². The minimum atomic E-state index is 0.314. The normalized spacial score (nSPS) is 11.1. The molecule has 2 aromatic rings. The first-order chi connectivity index (χ1) is 9.70. The topological polar surface area (TPSA) is 75.1 Å². The van der Waals surface area contributed by atoms with Crippen molar-refractivity contribution in [3.63, 3.8) is 0 Å². The van der Waals surface area contributed by atoms with Gasteiger partial charge in [0.25, 0.3) is 0 Å². The van der Waals surface area contributed by atoms with E-state index in [-0.39, 0.29) is 0 Å². The number of nitrogens with zero attached hydrogens (tertiary/aromatic N) is 3. The third-order valence-corrected chi connectivity index (χ3v) is 2.97. The van der Waals surface area contributed by atoms with Crippen molar-refractivity contribution in [2.75, 3.05) is 6.54 Å². The smallest absolute Gasteiger partial charge is 0.146 e. The molecule has 0 aliphatic carbocycles. The second-order valence-corrected chi connectivity index (χ2v) is 4.51. The third kappa shape index (κ3) is 3.42. The first-order valence-corrected chi connectivity index (χ1v) is 6.41. The lowest BCUT2D eigenvalue weighted by atomic mass is 10.1. The number of aryl methyl sites for hydroxylation is 1. The van der Waals surface area contributed by atoms with Gasteiger partial charge in [0.15, 0.2) is 0 Å². The molecule has 1 aromatic heterocycles. The van der Waals surface area contributed by atoms with Crippen LogP contribution in [0.25, 0.3) is 0 Å². The highest BCUT2D eigenvalue weighted by atomic mass is 14.9. The third-order valence-electron chi connectivity index (χ3n) is 2.97. The molecule has 20 heavy (non-hydrogen) atoms. The number of hydrogen-bond donors (Lipinski definition) is 1. The lowest BCUT2D eigenvalue weighted by Crippen LogP contribution is -2.17. The van der Waals surface area contributed by atoms with Crippen LogP contribution in [0.3, 0.4) is 0 Å². The van der Waals surface area contributed by atoms with E-state index >= 15 is 0 Å². The summed E-state index contributed by atoms with van der Waals surface area (Å²) in [5, 5.41) is 9.00. The van der Waals surface area contributed by atoms with E-state index in [2.05, 4.69) is 47.2 Å². The van der Waals surface area contributed by atoms with Gasteiger partial charge in [0.2, 0.25) is 0 Å². The fourth-order valence-corrected chi connectivity index (χ4v) is 1.83. The molecule has 0 unspecified atom stereocenters. The average Bonchev–Trinajstić information content (AvgIpc) is 2.49. The Labute approximate surface area is 118 Å². The first kappa shape index (κ1) is 13.8. The molecule has 2 N–H and O–H groups in total. The highest BCUT2D eigenvalue weighted by Gasteiger charge is 2.06. The zero-order valence-electron chi connectivity index (χ0n) is 11.4. The Hall–Kier alpha value is -2.67. The summed E-state index contributed by atoms with van der Waals surface area (Å²) >= 11 is 0. The van der Waals surface area contributed by atoms with Gasteiger partial charge >= 0.3 is 0 Å². The molecule has 0 saturated carbocycles. The molecule has 0 atom stereocenters. The van der Waals surface area contributed by atoms with Crippen LogP contribution in [0, 0.1) is 18.3 Å². The van der Waals surface area contributed by atoms with E-state index in [1.807, 2.05) is 0 Å². The predicted octanol–water partition coefficient (Wildman–Crippen LogP) is 2.21. The molecule has 0 radical (unpaired) electrons. The number of nitriles is 1. The molecule has 0 aliphatic rings. The average molecular weight is 264 g/mol. The van der Waals surface area contributed by atoms with Crippen LogP contribution in [0.1, 0.15) is 22.4 Å². The van der Waals surface area contributed by atoms with Crippen LogP contribution >= 0.6 is 0 Å². The Bertz CT molecular complexity index is 651. The Morgan fingerprint density at radius 2 is 2.05 bits per heavy atom. The van der Waals surface area contributed by atoms with Crippen LogP contribution in [0.2, 0.25) is 0 Å². The highest BCUT2D eigenvalue weighted by molar-refractivity contribution is 5.97. The van der Waals surface area contributed by atoms with Gasteiger partial charge < -0.3 is 5.73 Å². The fraction of sp³-hybridized carbons (Fsp3) is 0.188. The van der Waals surface area contributed by atoms with E-state index < -0.39 is 0 Å². The standard InChI is InChI=1S/C16H16N4/c1-12-4-6-13(7-5-12)8-10-20-16(18)15-14(11-17)3-2-9-19-15/h2-7,9H,8,10H2,1H3,(H2,18,20). The van der Waals surface area contributed by atoms with Crippen molar-refractivity contribution in [2.45, 2.75) is 13.3 Å². The largest absolute Gasteiger partial charge is 0.382 e. The Morgan fingerprint density at radius 1 is 1.30 bits per heavy atom. The van der Waals surface area contributed by atoms with Crippen LogP contribution in [-0.2, 0) is 6.42 Å². The maximum Gasteiger partial charge on any atom is 0.146 e. The van der Waals surface area contributed by atoms with E-state index in [1.54, 1.807) is 18.3 Å². The van der Waals surface area contributed by atoms with Crippen LogP contribution in [0.5, 0.6) is 0 Å². The Kier molecular flexibility index (Phi) is 4.46. The lowest BCUT2D eigenvalue weighted by molar-refractivity contribution is 0.962. The van der Waals surface area contributed by atoms with Gasteiger partial charge in [0.1, 0.15) is 17.6 Å². The van der Waals surface area contributed by atoms with Crippen molar-refractivity contribution in [2.24, 2.45) is 10.7 Å². The molecule has 0 spiro atoms. The molecule has 2 rings (SSSR count). The van der Waals surface area contributed by atoms with Crippen molar-refractivity contribution >= 4 is 5.84 Å². The number of nitrogens with two attached hydrogens (primary N) is 1. The van der Waals surface area contributed by atoms with Gasteiger partial charge in [-0.25, -0.2) is 0 Å². The summed E-state index contributed by atoms with van der Waals surface area (Å²) in [5.74, 6) is 0.314. The van der Waals surface area contributed by atoms with Gasteiger partial charge in [-0.1, -0.05) is 29.8 Å². The quantitative estimate of drug-likeness (QED) is 0.679. The SMILES string of the molecule is Cc1ccc(CCN=C(N)c2ncccc2C#N)cc1. The van der Waals surface area contributed by atoms with E-state index in [0.717, 1.165) is 6.42 Å². The molecule has 0 amide bonds. The van der Waals surface area contributed by atoms with Crippen LogP contribution in [0.15, 0.2) is 47.6 Å². The van der Waals surface area contributed by atoms with Crippen LogP contribution < -0.4 is 5.73 Å². The summed E-state index contributed by atoms with van der Waals surface area (Å²) in [6.07, 6.45) is 2.42. The summed E-state index contributed by atoms with van der Waals surface area (Å²) in [6, 6.07) is 13.8. The van der Waals surface area contributed by atoms with Crippen LogP contribution in [0.4, 0.5) is 0 Å². The molecule has 1 aromatic carbocycles. The molecule has 100 valence electrons. The zero-order valence-corrected chi connectivity index (χ0v) is 11.4. The zero-order chi connectivity index (χ0) is 14.4. The van der Waals surface area contributed by atoms with Gasteiger partial charge in [0, 0.05) is 12.7 Å². The van der Waals surface area contributed by atoms with Gasteiger partial charge in [-0.05, 0) is 31.0 Å². The summed E-state index contributed by atoms with van der Waals surface area (Å²) in [4.78, 5) is 8.41. The predicted molar refractivity (Wildman–Crippen MR) is 79.4 cm³/mol. The lowest BCUT2D eigenvalue weighted by Gasteiger charge is -2.03. The summed E-state index contributed by atoms with van der Waals surface area (Å²) in [6.45, 7) is 2.64. The number of aromatic nitrogens is 1. The fourth-order valence-electron chi connectivity index (χ4n) is 1.83. The highest BCUT2D eigenvalue weighted by Crippen LogP contribution is 2.05. The maximum absolute atomic E-state index is 9.00. The summed E-state index contributed by atoms with van der Waals surface area (Å²) < 4.78 is 0. The Morgan fingerprint density at radius 3 is 2.75 bits per heavy atom. The minimum absolute atomic E-state index is 0.314. The van der Waals surface area contributed by atoms with E-state index in [0.29, 0.717) is 23.6 Å². The number of aliphatic imine (C=N–C) groups is 1. The van der Waals surface area contributed by atoms with Crippen molar-refractivity contribution in [3.8, 4) is 6.07 Å². The van der Waals surface area contributed by atoms with Crippen molar-refractivity contribution in [3.05, 3.63) is 65.0 Å². The van der Waals surface area contributed by atoms with Gasteiger partial charge in [-0.2, -0.15) is 5.26 Å². The summed E-state index contributed by atoms with van der Waals surface area (Å²) in [5.41, 5.74) is 9.26. The Balaban J connectivity index is 2.04. The summed E-state index contributed by atoms with van der Waals surface area (Å²) in [7, 11) is 0. The first-order valence-electron chi connectivity index (χ1n) is 6.41. The molecule has 0 bridgehead atoms.